The lowest BCUT2D eigenvalue weighted by Gasteiger charge is -2.22. The molecule has 0 bridgehead atoms. The van der Waals surface area contributed by atoms with E-state index in [4.69, 9.17) is 4.52 Å². The molecule has 1 unspecified atom stereocenters. The molecule has 0 spiro atoms. The summed E-state index contributed by atoms with van der Waals surface area (Å²) in [5.74, 6) is 1.57. The largest absolute Gasteiger partial charge is 0.361 e. The molecule has 0 amide bonds. The first kappa shape index (κ1) is 19.1. The van der Waals surface area contributed by atoms with Crippen molar-refractivity contribution in [3.05, 3.63) is 47.3 Å². The van der Waals surface area contributed by atoms with Crippen LogP contribution >= 0.6 is 0 Å². The smallest absolute Gasteiger partial charge is 0.243 e. The minimum Gasteiger partial charge on any atom is -0.361 e. The van der Waals surface area contributed by atoms with Crippen LogP contribution in [0, 0.1) is 5.92 Å². The highest BCUT2D eigenvalue weighted by atomic mass is 32.2. The first-order valence-corrected chi connectivity index (χ1v) is 10.8. The van der Waals surface area contributed by atoms with Crippen molar-refractivity contribution in [2.75, 3.05) is 6.54 Å². The normalized spacial score (nSPS) is 18.9. The SMILES string of the molecule is CC(C)Cc1ccc(S(=O)(=O)N2CCCC2c2cc(C(C)C)on2)cc1. The number of rotatable bonds is 6. The van der Waals surface area contributed by atoms with Crippen LogP contribution in [0.2, 0.25) is 0 Å². The molecule has 1 aliphatic rings. The van der Waals surface area contributed by atoms with E-state index in [2.05, 4.69) is 19.0 Å². The molecule has 1 saturated heterocycles. The molecule has 2 heterocycles. The van der Waals surface area contributed by atoms with Gasteiger partial charge in [0.25, 0.3) is 0 Å². The molecule has 0 aliphatic carbocycles. The number of nitrogens with zero attached hydrogens (tertiary/aromatic N) is 2. The van der Waals surface area contributed by atoms with Gasteiger partial charge in [0, 0.05) is 18.5 Å². The van der Waals surface area contributed by atoms with Gasteiger partial charge in [-0.1, -0.05) is 45.0 Å². The number of sulfonamides is 1. The van der Waals surface area contributed by atoms with Gasteiger partial charge in [-0.15, -0.1) is 0 Å². The Hall–Kier alpha value is -1.66. The minimum atomic E-state index is -3.54. The number of aromatic nitrogens is 1. The van der Waals surface area contributed by atoms with Gasteiger partial charge in [0.15, 0.2) is 0 Å². The van der Waals surface area contributed by atoms with E-state index >= 15 is 0 Å². The van der Waals surface area contributed by atoms with Crippen molar-refractivity contribution in [3.8, 4) is 0 Å². The fraction of sp³-hybridized carbons (Fsp3) is 0.550. The van der Waals surface area contributed by atoms with E-state index in [-0.39, 0.29) is 12.0 Å². The summed E-state index contributed by atoms with van der Waals surface area (Å²) in [4.78, 5) is 0.351. The highest BCUT2D eigenvalue weighted by Gasteiger charge is 2.38. The summed E-state index contributed by atoms with van der Waals surface area (Å²) in [5.41, 5.74) is 1.88. The van der Waals surface area contributed by atoms with Crippen molar-refractivity contribution in [3.63, 3.8) is 0 Å². The predicted molar refractivity (Wildman–Crippen MR) is 101 cm³/mol. The summed E-state index contributed by atoms with van der Waals surface area (Å²) in [6.45, 7) is 8.90. The van der Waals surface area contributed by atoms with Crippen LogP contribution in [0.3, 0.4) is 0 Å². The molecule has 1 fully saturated rings. The molecule has 0 N–H and O–H groups in total. The second kappa shape index (κ2) is 7.53. The summed E-state index contributed by atoms with van der Waals surface area (Å²) in [6.07, 6.45) is 2.55. The highest BCUT2D eigenvalue weighted by Crippen LogP contribution is 2.37. The van der Waals surface area contributed by atoms with E-state index in [0.717, 1.165) is 30.6 Å². The molecule has 6 heteroatoms. The molecule has 1 aliphatic heterocycles. The molecule has 2 aromatic rings. The summed E-state index contributed by atoms with van der Waals surface area (Å²) in [7, 11) is -3.54. The first-order chi connectivity index (χ1) is 12.3. The van der Waals surface area contributed by atoms with Crippen LogP contribution in [-0.4, -0.2) is 24.4 Å². The number of benzene rings is 1. The molecule has 0 radical (unpaired) electrons. The van der Waals surface area contributed by atoms with E-state index in [0.29, 0.717) is 23.1 Å². The Morgan fingerprint density at radius 2 is 1.88 bits per heavy atom. The molecular formula is C20H28N2O3S. The van der Waals surface area contributed by atoms with E-state index in [1.165, 1.54) is 0 Å². The van der Waals surface area contributed by atoms with Crippen molar-refractivity contribution in [1.29, 1.82) is 0 Å². The van der Waals surface area contributed by atoms with Crippen LogP contribution in [0.4, 0.5) is 0 Å². The van der Waals surface area contributed by atoms with Crippen molar-refractivity contribution < 1.29 is 12.9 Å². The third-order valence-corrected chi connectivity index (χ3v) is 6.76. The molecule has 3 rings (SSSR count). The monoisotopic (exact) mass is 376 g/mol. The molecule has 5 nitrogen and oxygen atoms in total. The lowest BCUT2D eigenvalue weighted by atomic mass is 10.0. The van der Waals surface area contributed by atoms with Gasteiger partial charge in [-0.05, 0) is 42.9 Å². The Labute approximate surface area is 156 Å². The zero-order valence-corrected chi connectivity index (χ0v) is 16.8. The summed E-state index contributed by atoms with van der Waals surface area (Å²) in [6, 6.07) is 8.95. The third kappa shape index (κ3) is 3.86. The van der Waals surface area contributed by atoms with Crippen molar-refractivity contribution >= 4 is 10.0 Å². The van der Waals surface area contributed by atoms with Gasteiger partial charge < -0.3 is 4.52 Å². The van der Waals surface area contributed by atoms with Crippen molar-refractivity contribution in [2.45, 2.75) is 63.8 Å². The second-order valence-corrected chi connectivity index (χ2v) is 9.72. The molecule has 1 atom stereocenters. The zero-order valence-electron chi connectivity index (χ0n) is 16.0. The average molecular weight is 377 g/mol. The zero-order chi connectivity index (χ0) is 18.9. The topological polar surface area (TPSA) is 63.4 Å². The predicted octanol–water partition coefficient (Wildman–Crippen LogP) is 4.52. The maximum Gasteiger partial charge on any atom is 0.243 e. The Morgan fingerprint density at radius 3 is 2.46 bits per heavy atom. The molecule has 1 aromatic carbocycles. The molecule has 1 aromatic heterocycles. The quantitative estimate of drug-likeness (QED) is 0.743. The minimum absolute atomic E-state index is 0.233. The Bertz CT molecular complexity index is 838. The van der Waals surface area contributed by atoms with E-state index < -0.39 is 10.0 Å². The van der Waals surface area contributed by atoms with Gasteiger partial charge in [0.05, 0.1) is 10.9 Å². The molecule has 26 heavy (non-hydrogen) atoms. The Kier molecular flexibility index (Phi) is 5.53. The van der Waals surface area contributed by atoms with Crippen LogP contribution in [0.25, 0.3) is 0 Å². The van der Waals surface area contributed by atoms with E-state index in [1.807, 2.05) is 32.0 Å². The lowest BCUT2D eigenvalue weighted by molar-refractivity contribution is 0.338. The molecular weight excluding hydrogens is 348 g/mol. The average Bonchev–Trinajstić information content (AvgIpc) is 3.24. The summed E-state index contributed by atoms with van der Waals surface area (Å²) in [5, 5.41) is 4.14. The van der Waals surface area contributed by atoms with Crippen LogP contribution in [0.1, 0.15) is 69.5 Å². The van der Waals surface area contributed by atoms with E-state index in [9.17, 15) is 8.42 Å². The first-order valence-electron chi connectivity index (χ1n) is 9.36. The van der Waals surface area contributed by atoms with Crippen molar-refractivity contribution in [2.24, 2.45) is 5.92 Å². The van der Waals surface area contributed by atoms with Gasteiger partial charge in [0.2, 0.25) is 10.0 Å². The standard InChI is InChI=1S/C20H28N2O3S/c1-14(2)12-16-7-9-17(10-8-16)26(23,24)22-11-5-6-19(22)18-13-20(15(3)4)25-21-18/h7-10,13-15,19H,5-6,11-12H2,1-4H3. The van der Waals surface area contributed by atoms with Crippen molar-refractivity contribution in [1.82, 2.24) is 9.46 Å². The second-order valence-electron chi connectivity index (χ2n) is 7.82. The van der Waals surface area contributed by atoms with Crippen LogP contribution < -0.4 is 0 Å². The molecule has 0 saturated carbocycles. The Morgan fingerprint density at radius 1 is 1.19 bits per heavy atom. The third-order valence-electron chi connectivity index (χ3n) is 4.83. The summed E-state index contributed by atoms with van der Waals surface area (Å²) < 4.78 is 33.3. The van der Waals surface area contributed by atoms with Crippen LogP contribution in [0.5, 0.6) is 0 Å². The van der Waals surface area contributed by atoms with E-state index in [1.54, 1.807) is 16.4 Å². The maximum atomic E-state index is 13.2. The summed E-state index contributed by atoms with van der Waals surface area (Å²) >= 11 is 0. The molecule has 142 valence electrons. The Balaban J connectivity index is 1.85. The van der Waals surface area contributed by atoms with Gasteiger partial charge in [-0.25, -0.2) is 8.42 Å². The maximum absolute atomic E-state index is 13.2. The van der Waals surface area contributed by atoms with Gasteiger partial charge in [-0.3, -0.25) is 0 Å². The van der Waals surface area contributed by atoms with Gasteiger partial charge in [-0.2, -0.15) is 4.31 Å². The van der Waals surface area contributed by atoms with Crippen LogP contribution in [-0.2, 0) is 16.4 Å². The fourth-order valence-electron chi connectivity index (χ4n) is 3.46. The highest BCUT2D eigenvalue weighted by molar-refractivity contribution is 7.89. The lowest BCUT2D eigenvalue weighted by Crippen LogP contribution is -2.30. The van der Waals surface area contributed by atoms with Gasteiger partial charge in [0.1, 0.15) is 11.5 Å². The van der Waals surface area contributed by atoms with Gasteiger partial charge >= 0.3 is 0 Å². The fourth-order valence-corrected chi connectivity index (χ4v) is 5.13. The van der Waals surface area contributed by atoms with Crippen LogP contribution in [0.15, 0.2) is 39.8 Å². The number of hydrogen-bond donors (Lipinski definition) is 0. The number of hydrogen-bond acceptors (Lipinski definition) is 4.